The fourth-order valence-corrected chi connectivity index (χ4v) is 3.22. The monoisotopic (exact) mass is 405 g/mol. The molecule has 0 saturated carbocycles. The van der Waals surface area contributed by atoms with E-state index in [2.05, 4.69) is 10.6 Å². The third kappa shape index (κ3) is 5.01. The summed E-state index contributed by atoms with van der Waals surface area (Å²) in [6.07, 6.45) is 0. The molecule has 0 spiro atoms. The van der Waals surface area contributed by atoms with Crippen LogP contribution >= 0.6 is 0 Å². The van der Waals surface area contributed by atoms with E-state index in [4.69, 9.17) is 4.74 Å². The number of hydrogen-bond donors (Lipinski definition) is 2. The van der Waals surface area contributed by atoms with Crippen LogP contribution in [0.15, 0.2) is 72.8 Å². The molecule has 0 saturated heterocycles. The molecule has 1 amide bonds. The van der Waals surface area contributed by atoms with E-state index in [1.54, 1.807) is 6.92 Å². The maximum atomic E-state index is 12.6. The van der Waals surface area contributed by atoms with Crippen molar-refractivity contribution in [2.45, 2.75) is 13.0 Å². The third-order valence-corrected chi connectivity index (χ3v) is 4.73. The van der Waals surface area contributed by atoms with Crippen LogP contribution < -0.4 is 15.4 Å². The molecule has 0 fully saturated rings. The lowest BCUT2D eigenvalue weighted by Gasteiger charge is -2.20. The number of methoxy groups -OCH3 is 1. The highest BCUT2D eigenvalue weighted by Gasteiger charge is 2.19. The molecule has 0 atom stereocenters. The highest BCUT2D eigenvalue weighted by Crippen LogP contribution is 2.32. The molecule has 0 heterocycles. The fourth-order valence-electron chi connectivity index (χ4n) is 3.22. The van der Waals surface area contributed by atoms with Crippen LogP contribution in [0.3, 0.4) is 0 Å². The van der Waals surface area contributed by atoms with Gasteiger partial charge >= 0.3 is 5.69 Å². The normalized spacial score (nSPS) is 10.6. The van der Waals surface area contributed by atoms with Crippen molar-refractivity contribution in [1.82, 2.24) is 5.32 Å². The second kappa shape index (κ2) is 9.67. The summed E-state index contributed by atoms with van der Waals surface area (Å²) in [6.45, 7) is 1.76. The first kappa shape index (κ1) is 21.0. The minimum atomic E-state index is -0.511. The van der Waals surface area contributed by atoms with Crippen molar-refractivity contribution in [1.29, 1.82) is 0 Å². The summed E-state index contributed by atoms with van der Waals surface area (Å²) >= 11 is 0. The Bertz CT molecular complexity index is 984. The number of anilines is 1. The van der Waals surface area contributed by atoms with Crippen LogP contribution in [-0.4, -0.2) is 24.5 Å². The van der Waals surface area contributed by atoms with E-state index in [0.717, 1.165) is 11.1 Å². The van der Waals surface area contributed by atoms with E-state index in [0.29, 0.717) is 11.3 Å². The van der Waals surface area contributed by atoms with Gasteiger partial charge in [-0.15, -0.1) is 0 Å². The molecule has 0 radical (unpaired) electrons. The van der Waals surface area contributed by atoms with Gasteiger partial charge in [-0.05, 0) is 23.6 Å². The molecule has 3 rings (SSSR count). The molecule has 0 aliphatic rings. The van der Waals surface area contributed by atoms with Gasteiger partial charge in [-0.1, -0.05) is 60.7 Å². The minimum Gasteiger partial charge on any atom is -0.490 e. The number of nitro groups is 1. The van der Waals surface area contributed by atoms with Crippen molar-refractivity contribution in [2.24, 2.45) is 0 Å². The molecule has 7 heteroatoms. The highest BCUT2D eigenvalue weighted by molar-refractivity contribution is 5.93. The van der Waals surface area contributed by atoms with E-state index in [-0.39, 0.29) is 29.9 Å². The Hall–Kier alpha value is -3.71. The van der Waals surface area contributed by atoms with Crippen LogP contribution in [0.2, 0.25) is 0 Å². The van der Waals surface area contributed by atoms with Crippen molar-refractivity contribution in [2.75, 3.05) is 19.0 Å². The molecule has 30 heavy (non-hydrogen) atoms. The molecular formula is C23H23N3O4. The fraction of sp³-hybridized carbons (Fsp3) is 0.174. The molecule has 3 aromatic carbocycles. The van der Waals surface area contributed by atoms with E-state index >= 15 is 0 Å². The van der Waals surface area contributed by atoms with Crippen molar-refractivity contribution in [3.63, 3.8) is 0 Å². The number of rotatable bonds is 8. The molecule has 7 nitrogen and oxygen atoms in total. The van der Waals surface area contributed by atoms with Crippen LogP contribution in [0.5, 0.6) is 5.75 Å². The topological polar surface area (TPSA) is 93.5 Å². The molecule has 0 unspecified atom stereocenters. The Balaban J connectivity index is 1.74. The Kier molecular flexibility index (Phi) is 6.77. The zero-order chi connectivity index (χ0) is 21.5. The Labute approximate surface area is 174 Å². The van der Waals surface area contributed by atoms with Crippen molar-refractivity contribution in [3.8, 4) is 5.75 Å². The quantitative estimate of drug-likeness (QED) is 0.432. The number of amides is 1. The first-order valence-electron chi connectivity index (χ1n) is 9.45. The third-order valence-electron chi connectivity index (χ3n) is 4.73. The number of benzene rings is 3. The average Bonchev–Trinajstić information content (AvgIpc) is 2.76. The summed E-state index contributed by atoms with van der Waals surface area (Å²) in [6, 6.07) is 22.5. The lowest BCUT2D eigenvalue weighted by molar-refractivity contribution is -0.385. The van der Waals surface area contributed by atoms with Gasteiger partial charge in [0.1, 0.15) is 0 Å². The average molecular weight is 405 g/mol. The lowest BCUT2D eigenvalue weighted by Crippen LogP contribution is -2.32. The first-order chi connectivity index (χ1) is 14.5. The second-order valence-corrected chi connectivity index (χ2v) is 6.78. The summed E-state index contributed by atoms with van der Waals surface area (Å²) < 4.78 is 5.09. The van der Waals surface area contributed by atoms with Crippen LogP contribution in [0.25, 0.3) is 0 Å². The number of carbonyl (C=O) groups is 1. The summed E-state index contributed by atoms with van der Waals surface area (Å²) in [7, 11) is 1.36. The van der Waals surface area contributed by atoms with E-state index in [1.165, 1.54) is 19.2 Å². The van der Waals surface area contributed by atoms with Gasteiger partial charge in [-0.3, -0.25) is 20.2 Å². The van der Waals surface area contributed by atoms with Crippen molar-refractivity contribution >= 4 is 17.3 Å². The minimum absolute atomic E-state index is 0.0627. The lowest BCUT2D eigenvalue weighted by atomic mass is 9.99. The van der Waals surface area contributed by atoms with Gasteiger partial charge in [0.05, 0.1) is 24.6 Å². The second-order valence-electron chi connectivity index (χ2n) is 6.78. The van der Waals surface area contributed by atoms with Crippen LogP contribution in [-0.2, 0) is 4.79 Å². The number of nitrogens with one attached hydrogen (secondary N) is 2. The highest BCUT2D eigenvalue weighted by atomic mass is 16.6. The molecular weight excluding hydrogens is 382 g/mol. The number of ether oxygens (including phenoxy) is 1. The molecule has 0 aromatic heterocycles. The molecule has 154 valence electrons. The SMILES string of the molecule is COc1cc(NC(=O)CNC(c2ccccc2)c2ccccc2)c(C)cc1[N+](=O)[O-]. The van der Waals surface area contributed by atoms with Gasteiger partial charge in [0.25, 0.3) is 0 Å². The standard InChI is InChI=1S/C23H23N3O4/c1-16-13-20(26(28)29)21(30-2)14-19(16)25-22(27)15-24-23(17-9-5-3-6-10-17)18-11-7-4-8-12-18/h3-14,23-24H,15H2,1-2H3,(H,25,27). The summed E-state index contributed by atoms with van der Waals surface area (Å²) in [5, 5.41) is 17.2. The van der Waals surface area contributed by atoms with Crippen LogP contribution in [0.1, 0.15) is 22.7 Å². The number of hydrogen-bond acceptors (Lipinski definition) is 5. The summed E-state index contributed by atoms with van der Waals surface area (Å²) in [5.74, 6) is -0.161. The molecule has 3 aromatic rings. The van der Waals surface area contributed by atoms with Gasteiger partial charge in [0.15, 0.2) is 5.75 Å². The van der Waals surface area contributed by atoms with Crippen LogP contribution in [0, 0.1) is 17.0 Å². The summed E-state index contributed by atoms with van der Waals surface area (Å²) in [5.41, 5.74) is 3.01. The van der Waals surface area contributed by atoms with Gasteiger partial charge in [-0.2, -0.15) is 0 Å². The number of aryl methyl sites for hydroxylation is 1. The molecule has 0 bridgehead atoms. The van der Waals surface area contributed by atoms with Gasteiger partial charge in [-0.25, -0.2) is 0 Å². The Morgan fingerprint density at radius 1 is 1.03 bits per heavy atom. The largest absolute Gasteiger partial charge is 0.490 e. The smallest absolute Gasteiger partial charge is 0.311 e. The Morgan fingerprint density at radius 3 is 2.10 bits per heavy atom. The van der Waals surface area contributed by atoms with E-state index in [9.17, 15) is 14.9 Å². The predicted octanol–water partition coefficient (Wildman–Crippen LogP) is 4.23. The van der Waals surface area contributed by atoms with E-state index in [1.807, 2.05) is 60.7 Å². The molecule has 0 aliphatic heterocycles. The van der Waals surface area contributed by atoms with Crippen molar-refractivity contribution < 1.29 is 14.5 Å². The zero-order valence-electron chi connectivity index (χ0n) is 16.8. The van der Waals surface area contributed by atoms with Crippen molar-refractivity contribution in [3.05, 3.63) is 99.6 Å². The maximum absolute atomic E-state index is 12.6. The predicted molar refractivity (Wildman–Crippen MR) is 116 cm³/mol. The number of nitrogens with zero attached hydrogens (tertiary/aromatic N) is 1. The van der Waals surface area contributed by atoms with E-state index < -0.39 is 4.92 Å². The number of carbonyl (C=O) groups excluding carboxylic acids is 1. The first-order valence-corrected chi connectivity index (χ1v) is 9.45. The van der Waals surface area contributed by atoms with Gasteiger partial charge in [0, 0.05) is 17.8 Å². The Morgan fingerprint density at radius 2 is 1.60 bits per heavy atom. The maximum Gasteiger partial charge on any atom is 0.311 e. The van der Waals surface area contributed by atoms with Crippen LogP contribution in [0.4, 0.5) is 11.4 Å². The number of nitro benzene ring substituents is 1. The summed E-state index contributed by atoms with van der Waals surface area (Å²) in [4.78, 5) is 23.2. The van der Waals surface area contributed by atoms with Gasteiger partial charge in [0.2, 0.25) is 5.91 Å². The zero-order valence-corrected chi connectivity index (χ0v) is 16.8. The molecule has 2 N–H and O–H groups in total. The van der Waals surface area contributed by atoms with Gasteiger partial charge < -0.3 is 10.1 Å². The molecule has 0 aliphatic carbocycles.